The van der Waals surface area contributed by atoms with E-state index in [1.54, 1.807) is 65.8 Å². The Hall–Kier alpha value is -6.88. The van der Waals surface area contributed by atoms with Gasteiger partial charge in [0, 0.05) is 0 Å². The summed E-state index contributed by atoms with van der Waals surface area (Å²) in [7, 11) is -4.12. The van der Waals surface area contributed by atoms with Crippen LogP contribution in [0.4, 0.5) is 0 Å². The lowest BCUT2D eigenvalue weighted by Crippen LogP contribution is -2.51. The fourth-order valence-corrected chi connectivity index (χ4v) is 16.0. The summed E-state index contributed by atoms with van der Waals surface area (Å²) in [5.41, 5.74) is 5.76. The Morgan fingerprint density at radius 1 is 0.338 bits per heavy atom. The fraction of sp³-hybridized carbons (Fsp3) is 0.594. The van der Waals surface area contributed by atoms with E-state index in [1.807, 2.05) is 147 Å². The van der Waals surface area contributed by atoms with Crippen LogP contribution >= 0.6 is 0 Å². The molecule has 12 N–H and O–H groups in total. The summed E-state index contributed by atoms with van der Waals surface area (Å²) in [6.07, 6.45) is -18.9. The predicted octanol–water partition coefficient (Wildman–Crippen LogP) is 9.43. The molecule has 34 heteroatoms. The summed E-state index contributed by atoms with van der Waals surface area (Å²) in [4.78, 5) is 34.6. The molecule has 5 saturated heterocycles. The summed E-state index contributed by atoms with van der Waals surface area (Å²) in [6.45, 7) is 37.0. The lowest BCUT2D eigenvalue weighted by atomic mass is 10.0. The SMILES string of the molecule is CC1(C)OC([C@@H](O)CO)C([C@@H](O)CO)O1.CC1(C)OC([C@@H](OCc2ccccc2)C(=O)O)C([C@@H](OCc2ccccc2)C(=O)O)O1.CC1(C)OC([C@H](CO)OCc2ccccc2)C([C@H](CO)OCc2ccccc2)O1.CC1(C)OC([C@H](CO[Si](C)(C)C(C)(C)C)OCc2ccccc2)C([C@H](CO[Si](C)(C)C(C)(C)C)OCc2ccccc2)O1.O=C1O[C@@H]([C@@H](O)CO)C(O)C1O. The number of carboxylic acid groups (broad SMARTS) is 2. The molecule has 0 aromatic heterocycles. The lowest BCUT2D eigenvalue weighted by molar-refractivity contribution is -0.178. The van der Waals surface area contributed by atoms with Crippen molar-refractivity contribution in [2.45, 2.75) is 318 Å². The van der Waals surface area contributed by atoms with Crippen molar-refractivity contribution in [1.82, 2.24) is 0 Å². The number of hydrogen-bond donors (Lipinski definition) is 12. The van der Waals surface area contributed by atoms with Gasteiger partial charge in [-0.2, -0.15) is 0 Å². The molecule has 130 heavy (non-hydrogen) atoms. The fourth-order valence-electron chi connectivity index (χ4n) is 13.9. The molecule has 6 aromatic carbocycles. The molecule has 0 saturated carbocycles. The van der Waals surface area contributed by atoms with Gasteiger partial charge in [-0.1, -0.05) is 224 Å². The first-order chi connectivity index (χ1) is 61.1. The summed E-state index contributed by atoms with van der Waals surface area (Å²) >= 11 is 0. The number of hydrogen-bond acceptors (Lipinski definition) is 30. The minimum atomic E-state index is -2.06. The number of ether oxygens (including phenoxy) is 15. The summed E-state index contributed by atoms with van der Waals surface area (Å²) < 4.78 is 102. The molecule has 726 valence electrons. The first-order valence-corrected chi connectivity index (χ1v) is 49.6. The highest BCUT2D eigenvalue weighted by Gasteiger charge is 2.56. The van der Waals surface area contributed by atoms with Gasteiger partial charge < -0.3 is 141 Å². The number of esters is 1. The maximum absolute atomic E-state index is 12.0. The zero-order chi connectivity index (χ0) is 96.2. The third kappa shape index (κ3) is 33.9. The number of carboxylic acids is 2. The van der Waals surface area contributed by atoms with Crippen LogP contribution in [0.2, 0.25) is 36.3 Å². The van der Waals surface area contributed by atoms with Crippen molar-refractivity contribution < 1.29 is 156 Å². The second-order valence-corrected chi connectivity index (χ2v) is 46.9. The molecule has 0 amide bonds. The molecular weight excluding hydrogens is 1720 g/mol. The average Bonchev–Trinajstić information content (AvgIpc) is 1.65. The molecular formula is C96H142O32Si2. The summed E-state index contributed by atoms with van der Waals surface area (Å²) in [5, 5.41) is 111. The Labute approximate surface area is 766 Å². The first kappa shape index (κ1) is 110. The van der Waals surface area contributed by atoms with Gasteiger partial charge in [-0.25, -0.2) is 14.4 Å². The van der Waals surface area contributed by atoms with Crippen molar-refractivity contribution in [3.05, 3.63) is 215 Å². The smallest absolute Gasteiger partial charge is 0.338 e. The van der Waals surface area contributed by atoms with Gasteiger partial charge in [0.2, 0.25) is 0 Å². The monoisotopic (exact) mass is 1860 g/mol. The maximum Gasteiger partial charge on any atom is 0.338 e. The molecule has 0 spiro atoms. The Morgan fingerprint density at radius 3 is 0.769 bits per heavy atom. The highest BCUT2D eigenvalue weighted by Crippen LogP contribution is 2.43. The second-order valence-electron chi connectivity index (χ2n) is 37.3. The number of rotatable bonds is 40. The van der Waals surface area contributed by atoms with Gasteiger partial charge in [-0.15, -0.1) is 0 Å². The zero-order valence-electron chi connectivity index (χ0n) is 78.1. The number of carbonyl (C=O) groups is 3. The molecule has 0 bridgehead atoms. The van der Waals surface area contributed by atoms with E-state index in [4.69, 9.17) is 106 Å². The molecule has 32 nitrogen and oxygen atoms in total. The minimum absolute atomic E-state index is 0.0213. The van der Waals surface area contributed by atoms with E-state index in [-0.39, 0.29) is 48.7 Å². The van der Waals surface area contributed by atoms with E-state index in [9.17, 15) is 45.0 Å². The van der Waals surface area contributed by atoms with Gasteiger partial charge in [0.25, 0.3) is 0 Å². The first-order valence-electron chi connectivity index (χ1n) is 43.8. The standard InChI is InChI=1S/C35H58O6Si2.C23H26O8.C23H30O6.C9H18O6.C6H10O6/c1-33(2,3)42(9,10)38-25-29(36-23-27-19-15-13-16-20-27)31-32(41-35(7,8)40-31)30(26-39-43(11,12)34(4,5)6)37-24-28-21-17-14-18-22-28;1-23(2)30-17(19(21(24)25)28-13-15-9-5-3-6-10-15)18(31-23)20(22(26)27)29-14-16-11-7-4-8-12-16;1-23(2)28-21(19(13-24)26-15-17-9-5-3-6-10-17)22(29-23)20(14-25)27-16-18-11-7-4-8-12-18;1-9(2)14-7(5(12)3-10)8(15-9)6(13)4-11;7-1-2(8)5-3(9)4(10)6(11)12-5/h13-22,29-32H,23-26H2,1-12H3;3-12,17-20H,13-14H2,1-2H3,(H,24,25)(H,26,27);3-12,19-22,24-25H,13-16H2,1-2H3;5-8,10-13H,3-4H2,1-2H3;2-5,7-10H,1H2/t29-,30-,31?,32?;17?,18?,19-,20-;19-,20-,21?,22?;5-,6-,7?,8?;2-,3?,4?,5-/m01000/s1. The van der Waals surface area contributed by atoms with Crippen LogP contribution < -0.4 is 0 Å². The molecule has 0 aliphatic carbocycles. The molecule has 5 heterocycles. The minimum Gasteiger partial charge on any atom is -0.479 e. The molecule has 10 unspecified atom stereocenters. The molecule has 5 aliphatic rings. The largest absolute Gasteiger partial charge is 0.479 e. The van der Waals surface area contributed by atoms with E-state index >= 15 is 0 Å². The van der Waals surface area contributed by atoms with Gasteiger partial charge >= 0.3 is 17.9 Å². The number of aliphatic hydroxyl groups is 10. The van der Waals surface area contributed by atoms with E-state index in [2.05, 4.69) is 96.7 Å². The van der Waals surface area contributed by atoms with E-state index in [0.717, 1.165) is 33.4 Å². The van der Waals surface area contributed by atoms with Gasteiger partial charge in [-0.3, -0.25) is 0 Å². The summed E-state index contributed by atoms with van der Waals surface area (Å²) in [5.74, 6) is -7.38. The average molecular weight is 1860 g/mol. The van der Waals surface area contributed by atoms with Gasteiger partial charge in [0.1, 0.15) is 97.7 Å². The number of carbonyl (C=O) groups excluding carboxylic acids is 1. The summed E-state index contributed by atoms with van der Waals surface area (Å²) in [6, 6.07) is 58.1. The lowest BCUT2D eigenvalue weighted by Gasteiger charge is -2.40. The van der Waals surface area contributed by atoms with Gasteiger partial charge in [0.05, 0.1) is 85.9 Å². The van der Waals surface area contributed by atoms with Gasteiger partial charge in [0.15, 0.2) is 64.2 Å². The van der Waals surface area contributed by atoms with Gasteiger partial charge in [-0.05, 0) is 125 Å². The molecule has 11 rings (SSSR count). The van der Waals surface area contributed by atoms with Crippen molar-refractivity contribution in [1.29, 1.82) is 0 Å². The van der Waals surface area contributed by atoms with E-state index in [0.29, 0.717) is 39.6 Å². The zero-order valence-corrected chi connectivity index (χ0v) is 80.1. The van der Waals surface area contributed by atoms with Crippen LogP contribution in [0.15, 0.2) is 182 Å². The normalized spacial score (nSPS) is 24.8. The second kappa shape index (κ2) is 50.6. The number of aliphatic hydroxyl groups excluding tert-OH is 10. The predicted molar refractivity (Wildman–Crippen MR) is 482 cm³/mol. The van der Waals surface area contributed by atoms with Crippen LogP contribution in [0, 0.1) is 0 Å². The Morgan fingerprint density at radius 2 is 0.554 bits per heavy atom. The number of cyclic esters (lactones) is 1. The van der Waals surface area contributed by atoms with E-state index in [1.165, 1.54) is 0 Å². The van der Waals surface area contributed by atoms with Crippen molar-refractivity contribution in [3.8, 4) is 0 Å². The molecule has 20 atom stereocenters. The Balaban J connectivity index is 0.000000236. The van der Waals surface area contributed by atoms with Crippen LogP contribution in [0.25, 0.3) is 0 Å². The number of benzene rings is 6. The van der Waals surface area contributed by atoms with Crippen LogP contribution in [0.5, 0.6) is 0 Å². The Kier molecular flexibility index (Phi) is 42.9. The molecule has 0 radical (unpaired) electrons. The van der Waals surface area contributed by atoms with Crippen molar-refractivity contribution in [3.63, 3.8) is 0 Å². The highest BCUT2D eigenvalue weighted by atomic mass is 28.4. The van der Waals surface area contributed by atoms with Crippen LogP contribution in [-0.2, 0) is 134 Å². The Bertz CT molecular complexity index is 3980. The van der Waals surface area contributed by atoms with Crippen molar-refractivity contribution in [2.24, 2.45) is 0 Å². The topological polar surface area (TPSA) is 451 Å². The third-order valence-corrected chi connectivity index (χ3v) is 32.0. The van der Waals surface area contributed by atoms with Crippen molar-refractivity contribution >= 4 is 34.5 Å². The van der Waals surface area contributed by atoms with Crippen LogP contribution in [0.3, 0.4) is 0 Å². The van der Waals surface area contributed by atoms with Crippen LogP contribution in [0.1, 0.15) is 130 Å². The molecule has 6 aromatic rings. The molecule has 5 aliphatic heterocycles. The highest BCUT2D eigenvalue weighted by molar-refractivity contribution is 6.74. The quantitative estimate of drug-likeness (QED) is 0.0126. The molecule has 5 fully saturated rings. The maximum atomic E-state index is 12.0. The van der Waals surface area contributed by atoms with Crippen molar-refractivity contribution in [2.75, 3.05) is 46.2 Å². The number of aliphatic carboxylic acids is 2. The van der Waals surface area contributed by atoms with Crippen LogP contribution in [-0.4, -0.2) is 287 Å². The van der Waals surface area contributed by atoms with E-state index < -0.39 is 187 Å². The third-order valence-electron chi connectivity index (χ3n) is 23.0.